The summed E-state index contributed by atoms with van der Waals surface area (Å²) in [4.78, 5) is 40.7. The molecule has 1 N–H and O–H groups in total. The summed E-state index contributed by atoms with van der Waals surface area (Å²) < 4.78 is 11.0. The summed E-state index contributed by atoms with van der Waals surface area (Å²) in [5.74, 6) is -1.57. The zero-order valence-corrected chi connectivity index (χ0v) is 23.6. The van der Waals surface area contributed by atoms with Crippen LogP contribution in [0.25, 0.3) is 5.76 Å². The number of nitrogens with zero attached hydrogens (tertiary/aromatic N) is 1. The van der Waals surface area contributed by atoms with E-state index < -0.39 is 23.7 Å². The molecule has 1 fully saturated rings. The number of carbonyl (C=O) groups is 3. The highest BCUT2D eigenvalue weighted by molar-refractivity contribution is 6.51. The first-order valence-corrected chi connectivity index (χ1v) is 13.5. The van der Waals surface area contributed by atoms with Gasteiger partial charge in [-0.05, 0) is 66.8 Å². The number of aliphatic hydroxyl groups is 1. The maximum atomic E-state index is 13.5. The molecule has 1 amide bonds. The lowest BCUT2D eigenvalue weighted by molar-refractivity contribution is -0.132. The van der Waals surface area contributed by atoms with Gasteiger partial charge in [0.1, 0.15) is 11.5 Å². The van der Waals surface area contributed by atoms with Crippen LogP contribution in [0.15, 0.2) is 78.4 Å². The van der Waals surface area contributed by atoms with Crippen molar-refractivity contribution in [3.8, 4) is 5.75 Å². The van der Waals surface area contributed by atoms with Gasteiger partial charge >= 0.3 is 5.97 Å². The number of rotatable bonds is 8. The number of amides is 1. The normalized spacial score (nSPS) is 16.7. The number of ketones is 1. The Labute approximate surface area is 235 Å². The van der Waals surface area contributed by atoms with Gasteiger partial charge in [0, 0.05) is 16.8 Å². The molecule has 1 unspecified atom stereocenters. The quantitative estimate of drug-likeness (QED) is 0.150. The van der Waals surface area contributed by atoms with Crippen molar-refractivity contribution in [2.24, 2.45) is 0 Å². The summed E-state index contributed by atoms with van der Waals surface area (Å²) in [7, 11) is 0. The van der Waals surface area contributed by atoms with Crippen molar-refractivity contribution in [2.45, 2.75) is 52.5 Å². The maximum absolute atomic E-state index is 13.5. The Hall–Kier alpha value is -4.39. The summed E-state index contributed by atoms with van der Waals surface area (Å²) >= 11 is 0. The number of hydrogen-bond acceptors (Lipinski definition) is 6. The van der Waals surface area contributed by atoms with Crippen LogP contribution in [0.5, 0.6) is 5.75 Å². The second kappa shape index (κ2) is 11.8. The van der Waals surface area contributed by atoms with E-state index in [0.717, 1.165) is 5.56 Å². The van der Waals surface area contributed by atoms with Crippen molar-refractivity contribution < 1.29 is 29.0 Å². The van der Waals surface area contributed by atoms with Gasteiger partial charge in [-0.25, -0.2) is 4.79 Å². The standard InChI is InChI=1S/C33H35NO6/c1-6-19-40-32(38)22-13-16-24(17-14-22)34-28(21-11-9-8-10-12-21)27(30(36)31(34)37)29(35)23-15-18-26(39-7-2)25(20-23)33(3,4)5/h8-18,20,28,35H,6-7,19H2,1-5H3/b29-27-. The second-order valence-corrected chi connectivity index (χ2v) is 10.7. The zero-order valence-electron chi connectivity index (χ0n) is 23.6. The fourth-order valence-electron chi connectivity index (χ4n) is 4.79. The number of carbonyl (C=O) groups excluding carboxylic acids is 3. The summed E-state index contributed by atoms with van der Waals surface area (Å²) in [6.07, 6.45) is 0.706. The lowest BCUT2D eigenvalue weighted by Gasteiger charge is -2.26. The zero-order chi connectivity index (χ0) is 29.0. The molecule has 0 aromatic heterocycles. The summed E-state index contributed by atoms with van der Waals surface area (Å²) in [6, 6.07) is 19.9. The van der Waals surface area contributed by atoms with Gasteiger partial charge in [0.05, 0.1) is 30.4 Å². The van der Waals surface area contributed by atoms with Gasteiger partial charge < -0.3 is 14.6 Å². The number of ether oxygens (including phenoxy) is 2. The second-order valence-electron chi connectivity index (χ2n) is 10.7. The van der Waals surface area contributed by atoms with E-state index >= 15 is 0 Å². The van der Waals surface area contributed by atoms with Gasteiger partial charge in [0.25, 0.3) is 11.7 Å². The first kappa shape index (κ1) is 28.6. The van der Waals surface area contributed by atoms with Crippen LogP contribution in [0.1, 0.15) is 74.1 Å². The third kappa shape index (κ3) is 5.64. The minimum atomic E-state index is -0.872. The molecular formula is C33H35NO6. The van der Waals surface area contributed by atoms with Crippen LogP contribution in [0.3, 0.4) is 0 Å². The third-order valence-electron chi connectivity index (χ3n) is 6.74. The molecule has 3 aromatic rings. The van der Waals surface area contributed by atoms with Crippen LogP contribution < -0.4 is 9.64 Å². The maximum Gasteiger partial charge on any atom is 0.338 e. The fourth-order valence-corrected chi connectivity index (χ4v) is 4.79. The molecule has 0 radical (unpaired) electrons. The Balaban J connectivity index is 1.84. The number of aliphatic hydroxyl groups excluding tert-OH is 1. The largest absolute Gasteiger partial charge is 0.507 e. The smallest absolute Gasteiger partial charge is 0.338 e. The lowest BCUT2D eigenvalue weighted by Crippen LogP contribution is -2.29. The number of benzene rings is 3. The average molecular weight is 542 g/mol. The first-order valence-electron chi connectivity index (χ1n) is 13.5. The van der Waals surface area contributed by atoms with E-state index in [9.17, 15) is 19.5 Å². The number of Topliss-reactive ketones (excluding diaryl/α,β-unsaturated/α-hetero) is 1. The van der Waals surface area contributed by atoms with Crippen LogP contribution in [-0.4, -0.2) is 36.0 Å². The molecular weight excluding hydrogens is 506 g/mol. The Kier molecular flexibility index (Phi) is 8.43. The first-order chi connectivity index (χ1) is 19.1. The van der Waals surface area contributed by atoms with E-state index in [0.29, 0.717) is 47.8 Å². The van der Waals surface area contributed by atoms with Crippen molar-refractivity contribution in [3.63, 3.8) is 0 Å². The molecule has 1 aliphatic rings. The van der Waals surface area contributed by atoms with Crippen LogP contribution in [-0.2, 0) is 19.7 Å². The van der Waals surface area contributed by atoms with Gasteiger partial charge in [0.2, 0.25) is 0 Å². The van der Waals surface area contributed by atoms with Crippen molar-refractivity contribution in [1.29, 1.82) is 0 Å². The molecule has 4 rings (SSSR count). The average Bonchev–Trinajstić information content (AvgIpc) is 3.21. The topological polar surface area (TPSA) is 93.1 Å². The van der Waals surface area contributed by atoms with E-state index in [2.05, 4.69) is 0 Å². The Morgan fingerprint density at radius 3 is 2.17 bits per heavy atom. The monoisotopic (exact) mass is 541 g/mol. The van der Waals surface area contributed by atoms with E-state index in [1.54, 1.807) is 36.4 Å². The van der Waals surface area contributed by atoms with E-state index in [1.165, 1.54) is 4.90 Å². The van der Waals surface area contributed by atoms with E-state index in [-0.39, 0.29) is 16.7 Å². The molecule has 1 aliphatic heterocycles. The summed E-state index contributed by atoms with van der Waals surface area (Å²) in [5.41, 5.74) is 2.41. The van der Waals surface area contributed by atoms with Crippen LogP contribution in [0.2, 0.25) is 0 Å². The van der Waals surface area contributed by atoms with Gasteiger partial charge in [-0.15, -0.1) is 0 Å². The lowest BCUT2D eigenvalue weighted by atomic mass is 9.84. The Bertz CT molecular complexity index is 1430. The Morgan fingerprint density at radius 1 is 0.925 bits per heavy atom. The summed E-state index contributed by atoms with van der Waals surface area (Å²) in [6.45, 7) is 10.7. The molecule has 7 nitrogen and oxygen atoms in total. The van der Waals surface area contributed by atoms with Crippen LogP contribution >= 0.6 is 0 Å². The predicted octanol–water partition coefficient (Wildman–Crippen LogP) is 6.58. The highest BCUT2D eigenvalue weighted by atomic mass is 16.5. The highest BCUT2D eigenvalue weighted by Gasteiger charge is 2.47. The molecule has 0 bridgehead atoms. The molecule has 0 aliphatic carbocycles. The molecule has 7 heteroatoms. The van der Waals surface area contributed by atoms with Crippen molar-refractivity contribution in [3.05, 3.63) is 101 Å². The Morgan fingerprint density at radius 2 is 1.57 bits per heavy atom. The third-order valence-corrected chi connectivity index (χ3v) is 6.74. The van der Waals surface area contributed by atoms with Gasteiger partial charge in [0.15, 0.2) is 0 Å². The van der Waals surface area contributed by atoms with Crippen molar-refractivity contribution in [1.82, 2.24) is 0 Å². The number of hydrogen-bond donors (Lipinski definition) is 1. The van der Waals surface area contributed by atoms with Gasteiger partial charge in [-0.1, -0.05) is 58.0 Å². The molecule has 40 heavy (non-hydrogen) atoms. The fraction of sp³-hybridized carbons (Fsp3) is 0.303. The van der Waals surface area contributed by atoms with Crippen LogP contribution in [0, 0.1) is 0 Å². The minimum Gasteiger partial charge on any atom is -0.507 e. The van der Waals surface area contributed by atoms with E-state index in [4.69, 9.17) is 9.47 Å². The van der Waals surface area contributed by atoms with Crippen LogP contribution in [0.4, 0.5) is 5.69 Å². The number of esters is 1. The number of anilines is 1. The summed E-state index contributed by atoms with van der Waals surface area (Å²) in [5, 5.41) is 11.6. The van der Waals surface area contributed by atoms with Crippen molar-refractivity contribution in [2.75, 3.05) is 18.1 Å². The van der Waals surface area contributed by atoms with Gasteiger partial charge in [-0.3, -0.25) is 14.5 Å². The molecule has 208 valence electrons. The molecule has 1 saturated heterocycles. The molecule has 1 atom stereocenters. The minimum absolute atomic E-state index is 0.00773. The van der Waals surface area contributed by atoms with Crippen molar-refractivity contribution >= 4 is 29.1 Å². The SMILES string of the molecule is CCCOC(=O)c1ccc(N2C(=O)C(=O)/C(=C(\O)c3ccc(OCC)c(C(C)(C)C)c3)C2c2ccccc2)cc1. The molecule has 0 saturated carbocycles. The predicted molar refractivity (Wildman–Crippen MR) is 155 cm³/mol. The molecule has 3 aromatic carbocycles. The van der Waals surface area contributed by atoms with Gasteiger partial charge in [-0.2, -0.15) is 0 Å². The molecule has 1 heterocycles. The molecule has 0 spiro atoms. The van der Waals surface area contributed by atoms with E-state index in [1.807, 2.05) is 71.0 Å². The highest BCUT2D eigenvalue weighted by Crippen LogP contribution is 2.43.